The summed E-state index contributed by atoms with van der Waals surface area (Å²) in [5.41, 5.74) is 6.54. The van der Waals surface area contributed by atoms with Gasteiger partial charge in [0.25, 0.3) is 5.91 Å². The Balaban J connectivity index is 1.65. The van der Waals surface area contributed by atoms with Crippen molar-refractivity contribution in [3.63, 3.8) is 0 Å². The summed E-state index contributed by atoms with van der Waals surface area (Å²) in [6, 6.07) is 18.3. The van der Waals surface area contributed by atoms with E-state index in [1.165, 1.54) is 0 Å². The van der Waals surface area contributed by atoms with E-state index in [-0.39, 0.29) is 6.61 Å². The smallest absolute Gasteiger partial charge is 0.275 e. The van der Waals surface area contributed by atoms with Gasteiger partial charge in [0.05, 0.1) is 23.4 Å². The maximum atomic E-state index is 12.1. The normalized spacial score (nSPS) is 10.3. The third-order valence-electron chi connectivity index (χ3n) is 4.62. The highest BCUT2D eigenvalue weighted by molar-refractivity contribution is 6.06. The summed E-state index contributed by atoms with van der Waals surface area (Å²) in [5, 5.41) is 18.7. The quantitative estimate of drug-likeness (QED) is 0.281. The molecule has 2 aromatic heterocycles. The van der Waals surface area contributed by atoms with Gasteiger partial charge in [0, 0.05) is 34.5 Å². The molecule has 0 bridgehead atoms. The zero-order valence-electron chi connectivity index (χ0n) is 15.8. The lowest BCUT2D eigenvalue weighted by atomic mass is 10.0. The average Bonchev–Trinajstić information content (AvgIpc) is 2.82. The Morgan fingerprint density at radius 1 is 0.967 bits per heavy atom. The molecule has 0 saturated heterocycles. The minimum Gasteiger partial charge on any atom is -0.392 e. The molecule has 0 saturated carbocycles. The van der Waals surface area contributed by atoms with Crippen LogP contribution in [0.2, 0.25) is 0 Å². The second-order valence-electron chi connectivity index (χ2n) is 6.57. The minimum absolute atomic E-state index is 0.0101. The fourth-order valence-corrected chi connectivity index (χ4v) is 3.03. The molecule has 0 fully saturated rings. The highest BCUT2D eigenvalue weighted by Gasteiger charge is 2.13. The molecule has 0 radical (unpaired) electrons. The highest BCUT2D eigenvalue weighted by atomic mass is 16.5. The van der Waals surface area contributed by atoms with Crippen LogP contribution in [0.3, 0.4) is 0 Å². The number of carbonyl (C=O) groups is 1. The Morgan fingerprint density at radius 2 is 1.63 bits per heavy atom. The van der Waals surface area contributed by atoms with E-state index in [9.17, 15) is 4.79 Å². The van der Waals surface area contributed by atoms with E-state index in [4.69, 9.17) is 10.3 Å². The molecule has 30 heavy (non-hydrogen) atoms. The molecule has 0 aliphatic carbocycles. The highest BCUT2D eigenvalue weighted by Crippen LogP contribution is 2.24. The topological polar surface area (TPSA) is 95.3 Å². The van der Waals surface area contributed by atoms with E-state index in [1.807, 2.05) is 48.5 Å². The molecule has 1 amide bonds. The van der Waals surface area contributed by atoms with Gasteiger partial charge in [-0.05, 0) is 42.0 Å². The fourth-order valence-electron chi connectivity index (χ4n) is 3.03. The van der Waals surface area contributed by atoms with Gasteiger partial charge in [-0.1, -0.05) is 36.1 Å². The molecule has 0 unspecified atom stereocenters. The summed E-state index contributed by atoms with van der Waals surface area (Å²) in [6.45, 7) is 0.0101. The van der Waals surface area contributed by atoms with E-state index in [0.717, 1.165) is 22.3 Å². The number of hydroxylamine groups is 1. The van der Waals surface area contributed by atoms with Crippen molar-refractivity contribution in [1.29, 1.82) is 0 Å². The number of amides is 1. The van der Waals surface area contributed by atoms with E-state index >= 15 is 0 Å². The molecule has 146 valence electrons. The number of aliphatic hydroxyl groups excluding tert-OH is 1. The largest absolute Gasteiger partial charge is 0.392 e. The summed E-state index contributed by atoms with van der Waals surface area (Å²) in [4.78, 5) is 20.7. The van der Waals surface area contributed by atoms with Crippen LogP contribution in [0.5, 0.6) is 0 Å². The van der Waals surface area contributed by atoms with Crippen LogP contribution >= 0.6 is 0 Å². The van der Waals surface area contributed by atoms with Crippen molar-refractivity contribution in [2.75, 3.05) is 0 Å². The Hall–Kier alpha value is -4.05. The average molecular weight is 395 g/mol. The van der Waals surface area contributed by atoms with Crippen molar-refractivity contribution < 1.29 is 15.1 Å². The van der Waals surface area contributed by atoms with Gasteiger partial charge >= 0.3 is 0 Å². The summed E-state index contributed by atoms with van der Waals surface area (Å²) >= 11 is 0. The molecule has 6 heteroatoms. The van der Waals surface area contributed by atoms with Gasteiger partial charge in [0.2, 0.25) is 0 Å². The van der Waals surface area contributed by atoms with Crippen LogP contribution in [0.4, 0.5) is 0 Å². The first-order valence-electron chi connectivity index (χ1n) is 9.19. The Labute approximate surface area is 172 Å². The minimum atomic E-state index is -0.619. The van der Waals surface area contributed by atoms with Crippen LogP contribution < -0.4 is 5.48 Å². The molecular formula is C24H17N3O3. The predicted octanol–water partition coefficient (Wildman–Crippen LogP) is 3.31. The van der Waals surface area contributed by atoms with Gasteiger partial charge < -0.3 is 5.11 Å². The predicted molar refractivity (Wildman–Crippen MR) is 113 cm³/mol. The van der Waals surface area contributed by atoms with Gasteiger partial charge in [-0.25, -0.2) is 10.5 Å². The Kier molecular flexibility index (Phi) is 5.48. The Bertz CT molecular complexity index is 1270. The number of aromatic nitrogens is 2. The molecule has 2 aromatic carbocycles. The molecule has 0 spiro atoms. The van der Waals surface area contributed by atoms with E-state index < -0.39 is 5.91 Å². The van der Waals surface area contributed by atoms with E-state index in [2.05, 4.69) is 21.8 Å². The number of pyridine rings is 2. The zero-order valence-corrected chi connectivity index (χ0v) is 15.8. The molecule has 3 N–H and O–H groups in total. The second-order valence-corrected chi connectivity index (χ2v) is 6.57. The van der Waals surface area contributed by atoms with Crippen LogP contribution in [0, 0.1) is 11.8 Å². The summed E-state index contributed by atoms with van der Waals surface area (Å²) < 4.78 is 0. The molecule has 0 aliphatic heterocycles. The van der Waals surface area contributed by atoms with Gasteiger partial charge in [0.15, 0.2) is 0 Å². The molecule has 4 rings (SSSR count). The van der Waals surface area contributed by atoms with E-state index in [0.29, 0.717) is 22.2 Å². The molecule has 0 atom stereocenters. The fraction of sp³-hybridized carbons (Fsp3) is 0.0417. The van der Waals surface area contributed by atoms with Crippen LogP contribution in [-0.4, -0.2) is 26.2 Å². The van der Waals surface area contributed by atoms with Crippen molar-refractivity contribution >= 4 is 16.8 Å². The number of carbonyl (C=O) groups excluding carboxylic acids is 1. The molecule has 0 aliphatic rings. The summed E-state index contributed by atoms with van der Waals surface area (Å²) in [7, 11) is 0. The van der Waals surface area contributed by atoms with Crippen molar-refractivity contribution in [2.24, 2.45) is 0 Å². The van der Waals surface area contributed by atoms with Gasteiger partial charge in [0.1, 0.15) is 0 Å². The number of hydrogen-bond acceptors (Lipinski definition) is 5. The number of hydrogen-bond donors (Lipinski definition) is 3. The van der Waals surface area contributed by atoms with Crippen LogP contribution in [0.15, 0.2) is 73.1 Å². The van der Waals surface area contributed by atoms with Crippen LogP contribution in [-0.2, 0) is 6.61 Å². The third-order valence-corrected chi connectivity index (χ3v) is 4.62. The van der Waals surface area contributed by atoms with E-state index in [1.54, 1.807) is 30.0 Å². The van der Waals surface area contributed by atoms with Crippen LogP contribution in [0.25, 0.3) is 22.2 Å². The Morgan fingerprint density at radius 3 is 2.27 bits per heavy atom. The maximum absolute atomic E-state index is 12.1. The number of fused-ring (bicyclic) bond motifs is 1. The number of aliphatic hydroxyl groups is 1. The molecule has 2 heterocycles. The maximum Gasteiger partial charge on any atom is 0.275 e. The summed E-state index contributed by atoms with van der Waals surface area (Å²) in [5.74, 6) is 5.58. The number of nitrogens with zero attached hydrogens (tertiary/aromatic N) is 2. The van der Waals surface area contributed by atoms with Crippen molar-refractivity contribution in [2.45, 2.75) is 6.61 Å². The summed E-state index contributed by atoms with van der Waals surface area (Å²) in [6.07, 6.45) is 3.15. The van der Waals surface area contributed by atoms with Gasteiger partial charge in [-0.2, -0.15) is 0 Å². The first kappa shape index (κ1) is 19.3. The number of benzene rings is 2. The van der Waals surface area contributed by atoms with Crippen molar-refractivity contribution in [1.82, 2.24) is 15.4 Å². The standard InChI is InChI=1S/C24H17N3O3/c28-15-18-5-3-16(4-6-18)1-2-17-7-9-19(10-8-17)23-13-20(24(29)27-30)21-14-25-12-11-22(21)26-23/h3-14,28,30H,15H2,(H,27,29). The monoisotopic (exact) mass is 395 g/mol. The van der Waals surface area contributed by atoms with Crippen molar-refractivity contribution in [3.05, 3.63) is 95.3 Å². The SMILES string of the molecule is O=C(NO)c1cc(-c2ccc(C#Cc3ccc(CO)cc3)cc2)nc2ccncc12. The lowest BCUT2D eigenvalue weighted by molar-refractivity contribution is 0.0708. The molecule has 4 aromatic rings. The zero-order chi connectivity index (χ0) is 20.9. The van der Waals surface area contributed by atoms with Gasteiger partial charge in [-0.15, -0.1) is 0 Å². The number of rotatable bonds is 3. The third kappa shape index (κ3) is 4.03. The van der Waals surface area contributed by atoms with Crippen molar-refractivity contribution in [3.8, 4) is 23.1 Å². The van der Waals surface area contributed by atoms with Crippen LogP contribution in [0.1, 0.15) is 27.0 Å². The molecular weight excluding hydrogens is 378 g/mol. The lowest BCUT2D eigenvalue weighted by Gasteiger charge is -2.08. The molecule has 6 nitrogen and oxygen atoms in total. The number of nitrogens with one attached hydrogen (secondary N) is 1. The second kappa shape index (κ2) is 8.53. The van der Waals surface area contributed by atoms with Gasteiger partial charge in [-0.3, -0.25) is 15.0 Å². The first-order chi connectivity index (χ1) is 14.7. The first-order valence-corrected chi connectivity index (χ1v) is 9.19. The lowest BCUT2D eigenvalue weighted by Crippen LogP contribution is -2.19.